The van der Waals surface area contributed by atoms with Gasteiger partial charge in [0.15, 0.2) is 0 Å². The van der Waals surface area contributed by atoms with E-state index in [1.165, 1.54) is 10.4 Å². The second kappa shape index (κ2) is 10.1. The van der Waals surface area contributed by atoms with E-state index >= 15 is 0 Å². The number of rotatable bonds is 9. The van der Waals surface area contributed by atoms with Gasteiger partial charge in [-0.05, 0) is 67.8 Å². The summed E-state index contributed by atoms with van der Waals surface area (Å²) in [7, 11) is 0. The number of aromatic nitrogens is 2. The summed E-state index contributed by atoms with van der Waals surface area (Å²) in [4.78, 5) is 6.16. The Hall–Kier alpha value is -2.43. The Morgan fingerprint density at radius 2 is 1.77 bits per heavy atom. The number of ether oxygens (including phenoxy) is 1. The maximum Gasteiger partial charge on any atom is 0.120 e. The van der Waals surface area contributed by atoms with Gasteiger partial charge in [-0.25, -0.2) is 4.98 Å². The smallest absolute Gasteiger partial charge is 0.120 e. The number of benzene rings is 3. The predicted molar refractivity (Wildman–Crippen MR) is 127 cm³/mol. The van der Waals surface area contributed by atoms with Crippen molar-refractivity contribution in [2.24, 2.45) is 0 Å². The molecule has 154 valence electrons. The molecule has 3 aromatic carbocycles. The number of hydrogen-bond donors (Lipinski definition) is 0. The molecule has 0 unspecified atom stereocenters. The summed E-state index contributed by atoms with van der Waals surface area (Å²) in [5.74, 6) is 2.86. The van der Waals surface area contributed by atoms with E-state index in [9.17, 15) is 0 Å². The topological polar surface area (TPSA) is 27.1 Å². The molecule has 0 atom stereocenters. The van der Waals surface area contributed by atoms with Gasteiger partial charge in [0.05, 0.1) is 23.4 Å². The van der Waals surface area contributed by atoms with Crippen molar-refractivity contribution in [2.75, 3.05) is 6.61 Å². The van der Waals surface area contributed by atoms with Crippen molar-refractivity contribution >= 4 is 34.4 Å². The lowest BCUT2D eigenvalue weighted by atomic mass is 10.2. The van der Waals surface area contributed by atoms with E-state index in [1.807, 2.05) is 43.0 Å². The number of hydrogen-bond acceptors (Lipinski definition) is 3. The summed E-state index contributed by atoms with van der Waals surface area (Å²) in [6, 6.07) is 24.7. The van der Waals surface area contributed by atoms with Gasteiger partial charge in [0.2, 0.25) is 0 Å². The van der Waals surface area contributed by atoms with Crippen LogP contribution in [0.2, 0.25) is 5.02 Å². The molecule has 0 aliphatic carbocycles. The van der Waals surface area contributed by atoms with E-state index in [1.54, 1.807) is 0 Å². The molecule has 0 amide bonds. The van der Waals surface area contributed by atoms with Crippen molar-refractivity contribution in [3.63, 3.8) is 0 Å². The molecule has 30 heavy (non-hydrogen) atoms. The van der Waals surface area contributed by atoms with E-state index in [0.29, 0.717) is 6.61 Å². The standard InChI is InChI=1S/C25H25ClN2OS/c1-19-17-20(13-14-22(19)26)29-16-8-7-15-28-24-12-6-5-11-23(24)27-25(28)18-30-21-9-3-2-4-10-21/h2-6,9-14,17H,7-8,15-16,18H2,1H3. The van der Waals surface area contributed by atoms with Crippen molar-refractivity contribution in [3.05, 3.63) is 89.2 Å². The van der Waals surface area contributed by atoms with Crippen LogP contribution >= 0.6 is 23.4 Å². The third-order valence-electron chi connectivity index (χ3n) is 5.02. The van der Waals surface area contributed by atoms with Crippen LogP contribution in [0.5, 0.6) is 5.75 Å². The molecule has 1 aromatic heterocycles. The summed E-state index contributed by atoms with van der Waals surface area (Å²) in [6.07, 6.45) is 2.02. The van der Waals surface area contributed by atoms with Crippen molar-refractivity contribution in [2.45, 2.75) is 37.0 Å². The summed E-state index contributed by atoms with van der Waals surface area (Å²) < 4.78 is 8.26. The normalized spacial score (nSPS) is 11.1. The van der Waals surface area contributed by atoms with Crippen LogP contribution in [-0.2, 0) is 12.3 Å². The average Bonchev–Trinajstić information content (AvgIpc) is 3.13. The lowest BCUT2D eigenvalue weighted by Crippen LogP contribution is -2.05. The fraction of sp³-hybridized carbons (Fsp3) is 0.240. The zero-order valence-corrected chi connectivity index (χ0v) is 18.6. The second-order valence-corrected chi connectivity index (χ2v) is 8.69. The second-order valence-electron chi connectivity index (χ2n) is 7.24. The molecule has 0 radical (unpaired) electrons. The SMILES string of the molecule is Cc1cc(OCCCCn2c(CSc3ccccc3)nc3ccccc32)ccc1Cl. The lowest BCUT2D eigenvalue weighted by Gasteiger charge is -2.11. The van der Waals surface area contributed by atoms with Crippen LogP contribution < -0.4 is 4.74 Å². The molecule has 0 N–H and O–H groups in total. The van der Waals surface area contributed by atoms with Crippen LogP contribution in [0.3, 0.4) is 0 Å². The first kappa shape index (κ1) is 20.8. The fourth-order valence-corrected chi connectivity index (χ4v) is 4.40. The van der Waals surface area contributed by atoms with Crippen LogP contribution in [0.15, 0.2) is 77.7 Å². The molecule has 0 aliphatic rings. The lowest BCUT2D eigenvalue weighted by molar-refractivity contribution is 0.303. The van der Waals surface area contributed by atoms with Gasteiger partial charge < -0.3 is 9.30 Å². The van der Waals surface area contributed by atoms with Gasteiger partial charge in [0.1, 0.15) is 11.6 Å². The van der Waals surface area contributed by atoms with Gasteiger partial charge in [-0.2, -0.15) is 0 Å². The summed E-state index contributed by atoms with van der Waals surface area (Å²) in [6.45, 7) is 3.63. The average molecular weight is 437 g/mol. The predicted octanol–water partition coefficient (Wildman–Crippen LogP) is 7.15. The van der Waals surface area contributed by atoms with E-state index in [0.717, 1.165) is 52.8 Å². The fourth-order valence-electron chi connectivity index (χ4n) is 3.42. The Morgan fingerprint density at radius 3 is 2.60 bits per heavy atom. The molecule has 0 fully saturated rings. The highest BCUT2D eigenvalue weighted by atomic mass is 35.5. The summed E-state index contributed by atoms with van der Waals surface area (Å²) in [5, 5.41) is 0.773. The third-order valence-corrected chi connectivity index (χ3v) is 6.45. The van der Waals surface area contributed by atoms with E-state index in [4.69, 9.17) is 21.3 Å². The van der Waals surface area contributed by atoms with Gasteiger partial charge in [-0.3, -0.25) is 0 Å². The Labute approximate surface area is 187 Å². The quantitative estimate of drug-likeness (QED) is 0.206. The van der Waals surface area contributed by atoms with Gasteiger partial charge >= 0.3 is 0 Å². The van der Waals surface area contributed by atoms with E-state index in [2.05, 4.69) is 53.1 Å². The number of imidazole rings is 1. The Balaban J connectivity index is 1.37. The van der Waals surface area contributed by atoms with Crippen molar-refractivity contribution in [1.29, 1.82) is 0 Å². The van der Waals surface area contributed by atoms with Crippen LogP contribution in [0.4, 0.5) is 0 Å². The van der Waals surface area contributed by atoms with Gasteiger partial charge in [-0.15, -0.1) is 11.8 Å². The molecule has 0 saturated heterocycles. The molecular formula is C25H25ClN2OS. The molecule has 0 saturated carbocycles. The van der Waals surface area contributed by atoms with E-state index in [-0.39, 0.29) is 0 Å². The van der Waals surface area contributed by atoms with E-state index < -0.39 is 0 Å². The molecule has 1 heterocycles. The van der Waals surface area contributed by atoms with Crippen LogP contribution in [0.25, 0.3) is 11.0 Å². The number of nitrogens with zero attached hydrogens (tertiary/aromatic N) is 2. The van der Waals surface area contributed by atoms with Crippen LogP contribution in [0.1, 0.15) is 24.2 Å². The minimum absolute atomic E-state index is 0.696. The van der Waals surface area contributed by atoms with Gasteiger partial charge in [0, 0.05) is 16.5 Å². The molecule has 0 bridgehead atoms. The molecule has 4 rings (SSSR count). The molecule has 0 spiro atoms. The number of unbranched alkanes of at least 4 members (excludes halogenated alkanes) is 1. The first-order valence-corrected chi connectivity index (χ1v) is 11.6. The number of halogens is 1. The zero-order valence-electron chi connectivity index (χ0n) is 17.1. The van der Waals surface area contributed by atoms with Gasteiger partial charge in [-0.1, -0.05) is 41.9 Å². The minimum Gasteiger partial charge on any atom is -0.494 e. The third kappa shape index (κ3) is 5.18. The zero-order chi connectivity index (χ0) is 20.8. The Morgan fingerprint density at radius 1 is 0.967 bits per heavy atom. The molecule has 0 aliphatic heterocycles. The first-order valence-electron chi connectivity index (χ1n) is 10.2. The molecule has 3 nitrogen and oxygen atoms in total. The Bertz CT molecular complexity index is 1110. The monoisotopic (exact) mass is 436 g/mol. The maximum atomic E-state index is 6.08. The highest BCUT2D eigenvalue weighted by molar-refractivity contribution is 7.98. The molecule has 5 heteroatoms. The number of fused-ring (bicyclic) bond motifs is 1. The van der Waals surface area contributed by atoms with Crippen LogP contribution in [-0.4, -0.2) is 16.2 Å². The molecular weight excluding hydrogens is 412 g/mol. The minimum atomic E-state index is 0.696. The first-order chi connectivity index (χ1) is 14.7. The van der Waals surface area contributed by atoms with Crippen molar-refractivity contribution < 1.29 is 4.74 Å². The summed E-state index contributed by atoms with van der Waals surface area (Å²) in [5.41, 5.74) is 3.31. The highest BCUT2D eigenvalue weighted by Gasteiger charge is 2.10. The Kier molecular flexibility index (Phi) is 6.98. The van der Waals surface area contributed by atoms with Crippen molar-refractivity contribution in [3.8, 4) is 5.75 Å². The summed E-state index contributed by atoms with van der Waals surface area (Å²) >= 11 is 7.91. The van der Waals surface area contributed by atoms with Crippen LogP contribution in [0, 0.1) is 6.92 Å². The molecule has 4 aromatic rings. The van der Waals surface area contributed by atoms with Gasteiger partial charge in [0.25, 0.3) is 0 Å². The highest BCUT2D eigenvalue weighted by Crippen LogP contribution is 2.25. The number of thioether (sulfide) groups is 1. The van der Waals surface area contributed by atoms with Crippen molar-refractivity contribution in [1.82, 2.24) is 9.55 Å². The maximum absolute atomic E-state index is 6.08. The largest absolute Gasteiger partial charge is 0.494 e. The number of para-hydroxylation sites is 2. The number of aryl methyl sites for hydroxylation is 2.